The number of phenols is 1. The zero-order chi connectivity index (χ0) is 17.2. The number of hydrogen-bond donors (Lipinski definition) is 1. The van der Waals surface area contributed by atoms with Crippen LogP contribution in [0.2, 0.25) is 0 Å². The fourth-order valence-electron chi connectivity index (χ4n) is 3.85. The molecule has 1 N–H and O–H groups in total. The van der Waals surface area contributed by atoms with Crippen LogP contribution in [0.5, 0.6) is 5.75 Å². The lowest BCUT2D eigenvalue weighted by molar-refractivity contribution is 0.186. The van der Waals surface area contributed by atoms with Crippen molar-refractivity contribution < 1.29 is 9.50 Å². The van der Waals surface area contributed by atoms with Gasteiger partial charge < -0.3 is 5.11 Å². The highest BCUT2D eigenvalue weighted by molar-refractivity contribution is 5.87. The Bertz CT molecular complexity index is 873. The molecule has 0 aliphatic carbocycles. The summed E-state index contributed by atoms with van der Waals surface area (Å²) < 4.78 is 13.5. The molecular weight excluding hydrogens is 315 g/mol. The lowest BCUT2D eigenvalue weighted by Gasteiger charge is -2.36. The number of phenolic OH excluding ortho intramolecular Hbond substituents is 1. The van der Waals surface area contributed by atoms with E-state index in [0.29, 0.717) is 0 Å². The summed E-state index contributed by atoms with van der Waals surface area (Å²) in [6.45, 7) is 1.95. The van der Waals surface area contributed by atoms with Crippen molar-refractivity contribution in [1.29, 1.82) is 0 Å². The molecular formula is C21H21FN2O. The summed E-state index contributed by atoms with van der Waals surface area (Å²) >= 11 is 0. The molecule has 1 saturated heterocycles. The van der Waals surface area contributed by atoms with E-state index in [1.54, 1.807) is 12.3 Å². The summed E-state index contributed by atoms with van der Waals surface area (Å²) in [4.78, 5) is 6.59. The third kappa shape index (κ3) is 3.10. The van der Waals surface area contributed by atoms with Crippen LogP contribution >= 0.6 is 0 Å². The number of pyridine rings is 1. The average molecular weight is 336 g/mol. The number of rotatable bonds is 3. The van der Waals surface area contributed by atoms with Crippen molar-refractivity contribution in [2.24, 2.45) is 0 Å². The molecule has 128 valence electrons. The first-order chi connectivity index (χ1) is 12.2. The van der Waals surface area contributed by atoms with E-state index in [1.165, 1.54) is 18.6 Å². The quantitative estimate of drug-likeness (QED) is 0.756. The Morgan fingerprint density at radius 3 is 2.48 bits per heavy atom. The lowest BCUT2D eigenvalue weighted by atomic mass is 9.91. The average Bonchev–Trinajstić information content (AvgIpc) is 2.66. The SMILES string of the molecule is Oc1ccc2cnccc2c1C(c1ccc(F)cc1)N1CCCCC1. The Hall–Kier alpha value is -2.46. The predicted octanol–water partition coefficient (Wildman–Crippen LogP) is 4.65. The van der Waals surface area contributed by atoms with Gasteiger partial charge in [0.05, 0.1) is 6.04 Å². The third-order valence-corrected chi connectivity index (χ3v) is 5.05. The number of fused-ring (bicyclic) bond motifs is 1. The van der Waals surface area contributed by atoms with Gasteiger partial charge in [-0.15, -0.1) is 0 Å². The van der Waals surface area contributed by atoms with E-state index in [9.17, 15) is 9.50 Å². The number of nitrogens with zero attached hydrogens (tertiary/aromatic N) is 2. The molecule has 1 aromatic heterocycles. The largest absolute Gasteiger partial charge is 0.508 e. The van der Waals surface area contributed by atoms with Gasteiger partial charge in [-0.25, -0.2) is 4.39 Å². The van der Waals surface area contributed by atoms with Gasteiger partial charge in [0, 0.05) is 23.3 Å². The van der Waals surface area contributed by atoms with Crippen LogP contribution in [0.4, 0.5) is 4.39 Å². The molecule has 1 unspecified atom stereocenters. The number of likely N-dealkylation sites (tertiary alicyclic amines) is 1. The second-order valence-corrected chi connectivity index (χ2v) is 6.65. The maximum atomic E-state index is 13.5. The van der Waals surface area contributed by atoms with Crippen molar-refractivity contribution in [3.8, 4) is 5.75 Å². The van der Waals surface area contributed by atoms with Crippen LogP contribution in [-0.4, -0.2) is 28.1 Å². The third-order valence-electron chi connectivity index (χ3n) is 5.05. The molecule has 3 nitrogen and oxygen atoms in total. The highest BCUT2D eigenvalue weighted by Crippen LogP contribution is 2.40. The van der Waals surface area contributed by atoms with Gasteiger partial charge in [-0.3, -0.25) is 9.88 Å². The Morgan fingerprint density at radius 2 is 1.72 bits per heavy atom. The Balaban J connectivity index is 1.91. The maximum Gasteiger partial charge on any atom is 0.123 e. The summed E-state index contributed by atoms with van der Waals surface area (Å²) in [5, 5.41) is 12.7. The molecule has 1 aliphatic rings. The first-order valence-corrected chi connectivity index (χ1v) is 8.79. The molecule has 0 radical (unpaired) electrons. The molecule has 4 rings (SSSR count). The molecule has 1 fully saturated rings. The van der Waals surface area contributed by atoms with Crippen LogP contribution in [0.15, 0.2) is 54.9 Å². The Morgan fingerprint density at radius 1 is 0.960 bits per heavy atom. The number of hydrogen-bond acceptors (Lipinski definition) is 3. The summed E-state index contributed by atoms with van der Waals surface area (Å²) in [5.41, 5.74) is 1.89. The van der Waals surface area contributed by atoms with Gasteiger partial charge >= 0.3 is 0 Å². The second-order valence-electron chi connectivity index (χ2n) is 6.65. The van der Waals surface area contributed by atoms with Crippen molar-refractivity contribution in [2.75, 3.05) is 13.1 Å². The van der Waals surface area contributed by atoms with Crippen LogP contribution in [0, 0.1) is 5.82 Å². The summed E-state index contributed by atoms with van der Waals surface area (Å²) in [5.74, 6) is 0.0334. The molecule has 0 saturated carbocycles. The zero-order valence-electron chi connectivity index (χ0n) is 14.0. The van der Waals surface area contributed by atoms with Crippen molar-refractivity contribution >= 4 is 10.8 Å². The molecule has 3 aromatic rings. The monoisotopic (exact) mass is 336 g/mol. The fourth-order valence-corrected chi connectivity index (χ4v) is 3.85. The number of piperidine rings is 1. The summed E-state index contributed by atoms with van der Waals surface area (Å²) in [6, 6.07) is 12.1. The number of halogens is 1. The maximum absolute atomic E-state index is 13.5. The molecule has 0 amide bonds. The Kier molecular flexibility index (Phi) is 4.36. The number of aromatic hydroxyl groups is 1. The molecule has 0 spiro atoms. The molecule has 2 aromatic carbocycles. The summed E-state index contributed by atoms with van der Waals surface area (Å²) in [6.07, 6.45) is 7.09. The van der Waals surface area contributed by atoms with E-state index in [0.717, 1.165) is 47.8 Å². The Labute approximate surface area is 146 Å². The molecule has 2 heterocycles. The topological polar surface area (TPSA) is 36.4 Å². The van der Waals surface area contributed by atoms with E-state index >= 15 is 0 Å². The van der Waals surface area contributed by atoms with E-state index in [4.69, 9.17) is 0 Å². The first-order valence-electron chi connectivity index (χ1n) is 8.79. The minimum absolute atomic E-state index is 0.0907. The molecule has 4 heteroatoms. The van der Waals surface area contributed by atoms with Crippen LogP contribution in [0.1, 0.15) is 36.4 Å². The van der Waals surface area contributed by atoms with Gasteiger partial charge in [0.1, 0.15) is 11.6 Å². The lowest BCUT2D eigenvalue weighted by Crippen LogP contribution is -2.34. The number of benzene rings is 2. The molecule has 1 aliphatic heterocycles. The first kappa shape index (κ1) is 16.0. The minimum atomic E-state index is -0.243. The van der Waals surface area contributed by atoms with Crippen LogP contribution < -0.4 is 0 Å². The standard InChI is InChI=1S/C21H21FN2O/c22-17-7-4-15(5-8-17)21(24-12-2-1-3-13-24)20-18-10-11-23-14-16(18)6-9-19(20)25/h4-11,14,21,25H,1-3,12-13H2. The van der Waals surface area contributed by atoms with Gasteiger partial charge in [-0.05, 0) is 67.2 Å². The van der Waals surface area contributed by atoms with Crippen molar-refractivity contribution in [1.82, 2.24) is 9.88 Å². The predicted molar refractivity (Wildman–Crippen MR) is 97.1 cm³/mol. The van der Waals surface area contributed by atoms with Crippen LogP contribution in [0.25, 0.3) is 10.8 Å². The summed E-state index contributed by atoms with van der Waals surface area (Å²) in [7, 11) is 0. The number of aromatic nitrogens is 1. The van der Waals surface area contributed by atoms with Crippen molar-refractivity contribution in [2.45, 2.75) is 25.3 Å². The zero-order valence-corrected chi connectivity index (χ0v) is 14.0. The smallest absolute Gasteiger partial charge is 0.123 e. The van der Waals surface area contributed by atoms with Crippen LogP contribution in [-0.2, 0) is 0 Å². The van der Waals surface area contributed by atoms with Crippen molar-refractivity contribution in [3.05, 3.63) is 71.8 Å². The highest BCUT2D eigenvalue weighted by atomic mass is 19.1. The highest BCUT2D eigenvalue weighted by Gasteiger charge is 2.27. The molecule has 0 bridgehead atoms. The molecule has 25 heavy (non-hydrogen) atoms. The van der Waals surface area contributed by atoms with Crippen molar-refractivity contribution in [3.63, 3.8) is 0 Å². The molecule has 1 atom stereocenters. The van der Waals surface area contributed by atoms with Gasteiger partial charge in [0.15, 0.2) is 0 Å². The van der Waals surface area contributed by atoms with Gasteiger partial charge in [0.2, 0.25) is 0 Å². The van der Waals surface area contributed by atoms with E-state index < -0.39 is 0 Å². The van der Waals surface area contributed by atoms with E-state index in [1.807, 2.05) is 30.5 Å². The van der Waals surface area contributed by atoms with Gasteiger partial charge in [-0.1, -0.05) is 18.6 Å². The van der Waals surface area contributed by atoms with E-state index in [2.05, 4.69) is 9.88 Å². The normalized spacial score (nSPS) is 16.8. The fraction of sp³-hybridized carbons (Fsp3) is 0.286. The second kappa shape index (κ2) is 6.81. The van der Waals surface area contributed by atoms with Crippen LogP contribution in [0.3, 0.4) is 0 Å². The van der Waals surface area contributed by atoms with Gasteiger partial charge in [-0.2, -0.15) is 0 Å². The minimum Gasteiger partial charge on any atom is -0.508 e. The van der Waals surface area contributed by atoms with E-state index in [-0.39, 0.29) is 17.6 Å². The van der Waals surface area contributed by atoms with Gasteiger partial charge in [0.25, 0.3) is 0 Å².